The van der Waals surface area contributed by atoms with Gasteiger partial charge in [0.15, 0.2) is 0 Å². The lowest BCUT2D eigenvalue weighted by molar-refractivity contribution is 0.758. The van der Waals surface area contributed by atoms with Crippen LogP contribution in [0, 0.1) is 0 Å². The third-order valence-corrected chi connectivity index (χ3v) is 2.33. The minimum atomic E-state index is 0.392. The minimum absolute atomic E-state index is 0.392. The number of hydrogen-bond donors (Lipinski definition) is 1. The molecule has 0 fully saturated rings. The highest BCUT2D eigenvalue weighted by Gasteiger charge is 2.04. The molecular weight excluding hydrogens is 200 g/mol. The lowest BCUT2D eigenvalue weighted by atomic mass is 10.3. The second kappa shape index (κ2) is 6.30. The molecule has 0 aromatic carbocycles. The fourth-order valence-electron chi connectivity index (χ4n) is 1.44. The predicted molar refractivity (Wildman–Crippen MR) is 69.0 cm³/mol. The van der Waals surface area contributed by atoms with Gasteiger partial charge >= 0.3 is 0 Å². The van der Waals surface area contributed by atoms with E-state index in [2.05, 4.69) is 48.0 Å². The average molecular weight is 222 g/mol. The fourth-order valence-corrected chi connectivity index (χ4v) is 1.44. The van der Waals surface area contributed by atoms with Crippen molar-refractivity contribution in [3.63, 3.8) is 0 Å². The van der Waals surface area contributed by atoms with E-state index in [4.69, 9.17) is 0 Å². The summed E-state index contributed by atoms with van der Waals surface area (Å²) < 4.78 is 0. The number of hydrogen-bond acceptors (Lipinski definition) is 4. The van der Waals surface area contributed by atoms with E-state index in [1.807, 2.05) is 6.07 Å². The normalized spacial score (nSPS) is 10.6. The monoisotopic (exact) mass is 222 g/mol. The van der Waals surface area contributed by atoms with Crippen molar-refractivity contribution < 1.29 is 0 Å². The molecule has 0 radical (unpaired) electrons. The van der Waals surface area contributed by atoms with Crippen molar-refractivity contribution in [1.82, 2.24) is 9.97 Å². The van der Waals surface area contributed by atoms with E-state index in [0.717, 1.165) is 18.2 Å². The van der Waals surface area contributed by atoms with Crippen molar-refractivity contribution in [2.75, 3.05) is 23.8 Å². The molecule has 0 amide bonds. The number of anilines is 2. The molecule has 1 aromatic heterocycles. The molecule has 0 saturated heterocycles. The van der Waals surface area contributed by atoms with E-state index in [9.17, 15) is 0 Å². The highest BCUT2D eigenvalue weighted by atomic mass is 15.2. The predicted octanol–water partition coefficient (Wildman–Crippen LogP) is 2.53. The van der Waals surface area contributed by atoms with Crippen molar-refractivity contribution >= 4 is 11.6 Å². The maximum absolute atomic E-state index is 4.27. The van der Waals surface area contributed by atoms with E-state index < -0.39 is 0 Å². The van der Waals surface area contributed by atoms with Crippen LogP contribution >= 0.6 is 0 Å². The molecular formula is C12H22N4. The molecule has 4 nitrogen and oxygen atoms in total. The average Bonchev–Trinajstić information content (AvgIpc) is 2.25. The van der Waals surface area contributed by atoms with Gasteiger partial charge in [-0.3, -0.25) is 0 Å². The first-order valence-electron chi connectivity index (χ1n) is 5.93. The second-order valence-electron chi connectivity index (χ2n) is 4.34. The Hall–Kier alpha value is -1.32. The van der Waals surface area contributed by atoms with Crippen LogP contribution < -0.4 is 10.2 Å². The lowest BCUT2D eigenvalue weighted by Gasteiger charge is -2.18. The van der Waals surface area contributed by atoms with Crippen molar-refractivity contribution in [2.24, 2.45) is 0 Å². The number of aromatic nitrogens is 2. The van der Waals surface area contributed by atoms with Crippen LogP contribution in [0.5, 0.6) is 0 Å². The summed E-state index contributed by atoms with van der Waals surface area (Å²) in [6.45, 7) is 7.43. The Bertz CT molecular complexity index is 312. The smallest absolute Gasteiger partial charge is 0.133 e. The summed E-state index contributed by atoms with van der Waals surface area (Å²) in [6.07, 6.45) is 4.00. The summed E-state index contributed by atoms with van der Waals surface area (Å²) in [5, 5.41) is 3.28. The molecule has 4 heteroatoms. The Labute approximate surface area is 98.1 Å². The van der Waals surface area contributed by atoms with Crippen LogP contribution in [0.4, 0.5) is 11.6 Å². The molecule has 0 saturated carbocycles. The highest BCUT2D eigenvalue weighted by Crippen LogP contribution is 2.13. The Morgan fingerprint density at radius 1 is 1.38 bits per heavy atom. The van der Waals surface area contributed by atoms with E-state index in [1.165, 1.54) is 12.8 Å². The summed E-state index contributed by atoms with van der Waals surface area (Å²) in [5.41, 5.74) is 0. The molecule has 0 spiro atoms. The van der Waals surface area contributed by atoms with Gasteiger partial charge in [0.2, 0.25) is 0 Å². The van der Waals surface area contributed by atoms with Crippen LogP contribution in [-0.4, -0.2) is 29.6 Å². The zero-order valence-corrected chi connectivity index (χ0v) is 10.7. The number of nitrogens with one attached hydrogen (secondary N) is 1. The molecule has 90 valence electrons. The summed E-state index contributed by atoms with van der Waals surface area (Å²) in [4.78, 5) is 10.6. The van der Waals surface area contributed by atoms with Gasteiger partial charge in [-0.05, 0) is 20.3 Å². The number of unbranched alkanes of at least 4 members (excludes halogenated alkanes) is 1. The van der Waals surface area contributed by atoms with Crippen molar-refractivity contribution in [1.29, 1.82) is 0 Å². The number of nitrogens with zero attached hydrogens (tertiary/aromatic N) is 3. The Kier molecular flexibility index (Phi) is 5.02. The standard InChI is InChI=1S/C12H22N4/c1-5-6-7-16(4)12-8-11(13-9-14-12)15-10(2)3/h8-10H,5-7H2,1-4H3,(H,13,14,15). The number of rotatable bonds is 6. The van der Waals surface area contributed by atoms with Crippen molar-refractivity contribution in [3.05, 3.63) is 12.4 Å². The first-order valence-corrected chi connectivity index (χ1v) is 5.93. The second-order valence-corrected chi connectivity index (χ2v) is 4.34. The maximum atomic E-state index is 4.27. The molecule has 0 aliphatic carbocycles. The summed E-state index contributed by atoms with van der Waals surface area (Å²) >= 11 is 0. The molecule has 0 unspecified atom stereocenters. The third kappa shape index (κ3) is 4.04. The van der Waals surface area contributed by atoms with Crippen molar-refractivity contribution in [2.45, 2.75) is 39.7 Å². The fraction of sp³-hybridized carbons (Fsp3) is 0.667. The maximum Gasteiger partial charge on any atom is 0.133 e. The van der Waals surface area contributed by atoms with Crippen LogP contribution in [0.2, 0.25) is 0 Å². The molecule has 0 atom stereocenters. The van der Waals surface area contributed by atoms with E-state index in [1.54, 1.807) is 6.33 Å². The molecule has 16 heavy (non-hydrogen) atoms. The van der Waals surface area contributed by atoms with Gasteiger partial charge in [-0.25, -0.2) is 9.97 Å². The van der Waals surface area contributed by atoms with E-state index in [0.29, 0.717) is 6.04 Å². The van der Waals surface area contributed by atoms with E-state index >= 15 is 0 Å². The SMILES string of the molecule is CCCCN(C)c1cc(NC(C)C)ncn1. The van der Waals surface area contributed by atoms with Gasteiger partial charge in [0.25, 0.3) is 0 Å². The molecule has 0 aliphatic heterocycles. The highest BCUT2D eigenvalue weighted by molar-refractivity contribution is 5.48. The van der Waals surface area contributed by atoms with Gasteiger partial charge in [0, 0.05) is 25.7 Å². The molecule has 1 aromatic rings. The Morgan fingerprint density at radius 2 is 2.12 bits per heavy atom. The van der Waals surface area contributed by atoms with Crippen LogP contribution in [0.25, 0.3) is 0 Å². The molecule has 1 N–H and O–H groups in total. The lowest BCUT2D eigenvalue weighted by Crippen LogP contribution is -2.20. The van der Waals surface area contributed by atoms with Crippen LogP contribution in [0.1, 0.15) is 33.6 Å². The van der Waals surface area contributed by atoms with Crippen LogP contribution in [0.3, 0.4) is 0 Å². The minimum Gasteiger partial charge on any atom is -0.368 e. The first-order chi connectivity index (χ1) is 7.63. The summed E-state index contributed by atoms with van der Waals surface area (Å²) in [5.74, 6) is 1.87. The summed E-state index contributed by atoms with van der Waals surface area (Å²) in [7, 11) is 2.07. The van der Waals surface area contributed by atoms with E-state index in [-0.39, 0.29) is 0 Å². The topological polar surface area (TPSA) is 41.0 Å². The Balaban J connectivity index is 2.65. The molecule has 1 rings (SSSR count). The molecule has 0 bridgehead atoms. The Morgan fingerprint density at radius 3 is 2.75 bits per heavy atom. The molecule has 1 heterocycles. The third-order valence-electron chi connectivity index (χ3n) is 2.33. The van der Waals surface area contributed by atoms with Gasteiger partial charge in [-0.1, -0.05) is 13.3 Å². The van der Waals surface area contributed by atoms with Crippen LogP contribution in [-0.2, 0) is 0 Å². The van der Waals surface area contributed by atoms with Gasteiger partial charge < -0.3 is 10.2 Å². The van der Waals surface area contributed by atoms with Gasteiger partial charge in [-0.15, -0.1) is 0 Å². The van der Waals surface area contributed by atoms with Gasteiger partial charge in [0.1, 0.15) is 18.0 Å². The van der Waals surface area contributed by atoms with Gasteiger partial charge in [0.05, 0.1) is 0 Å². The van der Waals surface area contributed by atoms with Gasteiger partial charge in [-0.2, -0.15) is 0 Å². The van der Waals surface area contributed by atoms with Crippen LogP contribution in [0.15, 0.2) is 12.4 Å². The summed E-state index contributed by atoms with van der Waals surface area (Å²) in [6, 6.07) is 2.39. The van der Waals surface area contributed by atoms with Crippen molar-refractivity contribution in [3.8, 4) is 0 Å². The first kappa shape index (κ1) is 12.7. The largest absolute Gasteiger partial charge is 0.368 e. The molecule has 0 aliphatic rings. The zero-order valence-electron chi connectivity index (χ0n) is 10.7. The zero-order chi connectivity index (χ0) is 12.0. The quantitative estimate of drug-likeness (QED) is 0.803.